The Morgan fingerprint density at radius 3 is 2.42 bits per heavy atom. The van der Waals surface area contributed by atoms with E-state index >= 15 is 0 Å². The second-order valence-electron chi connectivity index (χ2n) is 6.64. The summed E-state index contributed by atoms with van der Waals surface area (Å²) in [5.74, 6) is 5.46. The molecule has 2 aromatic rings. The topological polar surface area (TPSA) is 115 Å². The van der Waals surface area contributed by atoms with Gasteiger partial charge in [-0.05, 0) is 52.0 Å². The maximum absolute atomic E-state index is 13.0. The van der Waals surface area contributed by atoms with Crippen molar-refractivity contribution >= 4 is 23.7 Å². The zero-order valence-electron chi connectivity index (χ0n) is 14.9. The number of hydrogen-bond acceptors (Lipinski definition) is 6. The molecule has 0 aliphatic carbocycles. The van der Waals surface area contributed by atoms with Gasteiger partial charge in [-0.15, -0.1) is 10.2 Å². The standard InChI is InChI=1S/C16H21FN6O2S/c1-9(13(24)19-14(25)20-16(2,3)4)26-15-22-21-12(23(15)18)10-5-7-11(17)8-6-10/h5-9H,18H2,1-4H3,(H2,19,20,24,25)/t9-/m1/s1. The Hall–Kier alpha value is -2.62. The molecule has 26 heavy (non-hydrogen) atoms. The highest BCUT2D eigenvalue weighted by atomic mass is 32.2. The molecule has 3 amide bonds. The van der Waals surface area contributed by atoms with Gasteiger partial charge in [0.05, 0.1) is 5.25 Å². The molecular weight excluding hydrogens is 359 g/mol. The first-order chi connectivity index (χ1) is 12.1. The van der Waals surface area contributed by atoms with Crippen molar-refractivity contribution in [2.24, 2.45) is 0 Å². The van der Waals surface area contributed by atoms with Crippen LogP contribution < -0.4 is 16.5 Å². The molecule has 0 aliphatic rings. The number of nitrogens with one attached hydrogen (secondary N) is 2. The van der Waals surface area contributed by atoms with E-state index in [9.17, 15) is 14.0 Å². The number of nitrogens with two attached hydrogens (primary N) is 1. The number of imide groups is 1. The average molecular weight is 380 g/mol. The van der Waals surface area contributed by atoms with Crippen LogP contribution in [0.4, 0.5) is 9.18 Å². The summed E-state index contributed by atoms with van der Waals surface area (Å²) in [5.41, 5.74) is 0.136. The monoisotopic (exact) mass is 380 g/mol. The fourth-order valence-electron chi connectivity index (χ4n) is 1.95. The van der Waals surface area contributed by atoms with Crippen molar-refractivity contribution in [3.05, 3.63) is 30.1 Å². The Kier molecular flexibility index (Phi) is 5.86. The van der Waals surface area contributed by atoms with Crippen molar-refractivity contribution in [3.8, 4) is 11.4 Å². The Bertz CT molecular complexity index is 800. The van der Waals surface area contributed by atoms with Gasteiger partial charge in [0.1, 0.15) is 5.82 Å². The number of benzene rings is 1. The van der Waals surface area contributed by atoms with Gasteiger partial charge in [-0.1, -0.05) is 11.8 Å². The molecule has 1 aromatic heterocycles. The number of nitrogens with zero attached hydrogens (tertiary/aromatic N) is 3. The van der Waals surface area contributed by atoms with Gasteiger partial charge in [0.15, 0.2) is 5.82 Å². The summed E-state index contributed by atoms with van der Waals surface area (Å²) in [6, 6.07) is 5.08. The van der Waals surface area contributed by atoms with Gasteiger partial charge >= 0.3 is 6.03 Å². The smallest absolute Gasteiger partial charge is 0.321 e. The predicted molar refractivity (Wildman–Crippen MR) is 97.3 cm³/mol. The first-order valence-electron chi connectivity index (χ1n) is 7.83. The molecule has 1 atom stereocenters. The SMILES string of the molecule is C[C@@H](Sc1nnc(-c2ccc(F)cc2)n1N)C(=O)NC(=O)NC(C)(C)C. The lowest BCUT2D eigenvalue weighted by Gasteiger charge is -2.21. The highest BCUT2D eigenvalue weighted by Crippen LogP contribution is 2.24. The van der Waals surface area contributed by atoms with E-state index in [1.165, 1.54) is 28.9 Å². The lowest BCUT2D eigenvalue weighted by atomic mass is 10.1. The normalized spacial score (nSPS) is 12.5. The molecule has 8 nitrogen and oxygen atoms in total. The fourth-order valence-corrected chi connectivity index (χ4v) is 2.72. The number of carbonyl (C=O) groups excluding carboxylic acids is 2. The van der Waals surface area contributed by atoms with Crippen LogP contribution in [-0.2, 0) is 4.79 Å². The second kappa shape index (κ2) is 7.73. The van der Waals surface area contributed by atoms with E-state index < -0.39 is 22.7 Å². The molecule has 0 unspecified atom stereocenters. The molecular formula is C16H21FN6O2S. The second-order valence-corrected chi connectivity index (χ2v) is 7.94. The van der Waals surface area contributed by atoms with E-state index in [0.29, 0.717) is 16.5 Å². The van der Waals surface area contributed by atoms with Gasteiger partial charge < -0.3 is 11.2 Å². The van der Waals surface area contributed by atoms with Gasteiger partial charge in [-0.2, -0.15) is 0 Å². The molecule has 0 aliphatic heterocycles. The molecule has 0 saturated heterocycles. The van der Waals surface area contributed by atoms with Crippen molar-refractivity contribution < 1.29 is 14.0 Å². The lowest BCUT2D eigenvalue weighted by Crippen LogP contribution is -2.49. The van der Waals surface area contributed by atoms with Crippen LogP contribution in [0.3, 0.4) is 0 Å². The summed E-state index contributed by atoms with van der Waals surface area (Å²) >= 11 is 1.06. The Morgan fingerprint density at radius 1 is 1.23 bits per heavy atom. The van der Waals surface area contributed by atoms with Crippen molar-refractivity contribution in [1.29, 1.82) is 0 Å². The number of halogens is 1. The summed E-state index contributed by atoms with van der Waals surface area (Å²) < 4.78 is 14.2. The van der Waals surface area contributed by atoms with E-state index in [1.807, 2.05) is 20.8 Å². The van der Waals surface area contributed by atoms with Crippen molar-refractivity contribution in [1.82, 2.24) is 25.5 Å². The van der Waals surface area contributed by atoms with Gasteiger partial charge in [0.2, 0.25) is 11.1 Å². The number of aromatic nitrogens is 3. The van der Waals surface area contributed by atoms with Gasteiger partial charge in [-0.25, -0.2) is 13.9 Å². The zero-order chi connectivity index (χ0) is 19.5. The van der Waals surface area contributed by atoms with Crippen molar-refractivity contribution in [3.63, 3.8) is 0 Å². The number of amides is 3. The van der Waals surface area contributed by atoms with E-state index in [2.05, 4.69) is 20.8 Å². The predicted octanol–water partition coefficient (Wildman–Crippen LogP) is 1.90. The highest BCUT2D eigenvalue weighted by molar-refractivity contribution is 8.00. The van der Waals surface area contributed by atoms with Crippen LogP contribution >= 0.6 is 11.8 Å². The molecule has 140 valence electrons. The molecule has 1 heterocycles. The average Bonchev–Trinajstić information content (AvgIpc) is 2.87. The molecule has 0 bridgehead atoms. The van der Waals surface area contributed by atoms with Crippen LogP contribution in [-0.4, -0.2) is 37.6 Å². The number of urea groups is 1. The zero-order valence-corrected chi connectivity index (χ0v) is 15.7. The molecule has 4 N–H and O–H groups in total. The molecule has 2 rings (SSSR count). The molecule has 10 heteroatoms. The first kappa shape index (κ1) is 19.7. The maximum Gasteiger partial charge on any atom is 0.321 e. The maximum atomic E-state index is 13.0. The number of thioether (sulfide) groups is 1. The number of nitrogen functional groups attached to an aromatic ring is 1. The summed E-state index contributed by atoms with van der Waals surface area (Å²) in [6.07, 6.45) is 0. The molecule has 0 spiro atoms. The van der Waals surface area contributed by atoms with Crippen LogP contribution in [0.25, 0.3) is 11.4 Å². The summed E-state index contributed by atoms with van der Waals surface area (Å²) in [4.78, 5) is 23.9. The number of hydrogen-bond donors (Lipinski definition) is 3. The Morgan fingerprint density at radius 2 is 1.85 bits per heavy atom. The lowest BCUT2D eigenvalue weighted by molar-refractivity contribution is -0.119. The largest absolute Gasteiger partial charge is 0.335 e. The number of carbonyl (C=O) groups is 2. The van der Waals surface area contributed by atoms with E-state index in [4.69, 9.17) is 5.84 Å². The van der Waals surface area contributed by atoms with Crippen LogP contribution in [0.5, 0.6) is 0 Å². The van der Waals surface area contributed by atoms with Gasteiger partial charge in [0, 0.05) is 11.1 Å². The van der Waals surface area contributed by atoms with Crippen LogP contribution in [0, 0.1) is 5.82 Å². The van der Waals surface area contributed by atoms with E-state index in [0.717, 1.165) is 11.8 Å². The Labute approximate surface area is 154 Å². The van der Waals surface area contributed by atoms with Crippen LogP contribution in [0.15, 0.2) is 29.4 Å². The Balaban J connectivity index is 2.03. The third-order valence-corrected chi connectivity index (χ3v) is 4.20. The molecule has 0 saturated carbocycles. The van der Waals surface area contributed by atoms with E-state index in [1.54, 1.807) is 6.92 Å². The van der Waals surface area contributed by atoms with E-state index in [-0.39, 0.29) is 5.82 Å². The summed E-state index contributed by atoms with van der Waals surface area (Å²) in [6.45, 7) is 7.05. The minimum absolute atomic E-state index is 0.295. The van der Waals surface area contributed by atoms with Crippen molar-refractivity contribution in [2.45, 2.75) is 43.6 Å². The summed E-state index contributed by atoms with van der Waals surface area (Å²) in [7, 11) is 0. The quantitative estimate of drug-likeness (QED) is 0.551. The van der Waals surface area contributed by atoms with Crippen LogP contribution in [0.1, 0.15) is 27.7 Å². The number of rotatable bonds is 4. The minimum atomic E-state index is -0.631. The third-order valence-electron chi connectivity index (χ3n) is 3.14. The minimum Gasteiger partial charge on any atom is -0.335 e. The highest BCUT2D eigenvalue weighted by Gasteiger charge is 2.23. The fraction of sp³-hybridized carbons (Fsp3) is 0.375. The van der Waals surface area contributed by atoms with Crippen molar-refractivity contribution in [2.75, 3.05) is 5.84 Å². The van der Waals surface area contributed by atoms with Gasteiger partial charge in [0.25, 0.3) is 0 Å². The third kappa shape index (κ3) is 5.19. The first-order valence-corrected chi connectivity index (χ1v) is 8.71. The van der Waals surface area contributed by atoms with Crippen LogP contribution in [0.2, 0.25) is 0 Å². The molecule has 0 radical (unpaired) electrons. The molecule has 1 aromatic carbocycles. The van der Waals surface area contributed by atoms with Gasteiger partial charge in [-0.3, -0.25) is 10.1 Å². The molecule has 0 fully saturated rings. The summed E-state index contributed by atoms with van der Waals surface area (Å²) in [5, 5.41) is 12.5.